The lowest BCUT2D eigenvalue weighted by atomic mass is 10.2. The first-order chi connectivity index (χ1) is 15.6. The highest BCUT2D eigenvalue weighted by atomic mass is 16.5. The van der Waals surface area contributed by atoms with Crippen LogP contribution < -0.4 is 20.8 Å². The van der Waals surface area contributed by atoms with Crippen molar-refractivity contribution >= 4 is 23.9 Å². The number of hydrogen-bond donors (Lipinski definition) is 3. The Morgan fingerprint density at radius 3 is 2.69 bits per heavy atom. The number of carbonyl (C=O) groups excluding carboxylic acids is 3. The number of carbonyl (C=O) groups is 3. The number of hydrazone groups is 1. The Balaban J connectivity index is 1.34. The van der Waals surface area contributed by atoms with E-state index < -0.39 is 11.8 Å². The molecule has 1 aromatic heterocycles. The molecule has 2 heterocycles. The molecule has 1 aromatic carbocycles. The summed E-state index contributed by atoms with van der Waals surface area (Å²) in [5, 5.41) is 9.01. The summed E-state index contributed by atoms with van der Waals surface area (Å²) < 4.78 is 10.9. The first-order valence-electron chi connectivity index (χ1n) is 10.2. The summed E-state index contributed by atoms with van der Waals surface area (Å²) >= 11 is 0. The van der Waals surface area contributed by atoms with E-state index in [4.69, 9.17) is 9.47 Å². The highest BCUT2D eigenvalue weighted by Crippen LogP contribution is 2.12. The third-order valence-corrected chi connectivity index (χ3v) is 4.54. The van der Waals surface area contributed by atoms with Crippen molar-refractivity contribution in [3.63, 3.8) is 0 Å². The molecular formula is C22H25N5O5. The predicted octanol–water partition coefficient (Wildman–Crippen LogP) is 0.522. The number of amides is 3. The van der Waals surface area contributed by atoms with Gasteiger partial charge in [0.2, 0.25) is 0 Å². The maximum absolute atomic E-state index is 11.8. The number of pyridine rings is 1. The van der Waals surface area contributed by atoms with Gasteiger partial charge < -0.3 is 20.1 Å². The van der Waals surface area contributed by atoms with Gasteiger partial charge in [-0.25, -0.2) is 5.43 Å². The van der Waals surface area contributed by atoms with Gasteiger partial charge in [-0.2, -0.15) is 5.10 Å². The summed E-state index contributed by atoms with van der Waals surface area (Å²) in [5.74, 6) is -1.39. The topological polar surface area (TPSA) is 131 Å². The van der Waals surface area contributed by atoms with Crippen LogP contribution in [0.4, 0.5) is 0 Å². The molecule has 3 amide bonds. The smallest absolute Gasteiger partial charge is 0.329 e. The second-order valence-electron chi connectivity index (χ2n) is 7.00. The Morgan fingerprint density at radius 1 is 1.12 bits per heavy atom. The zero-order valence-electron chi connectivity index (χ0n) is 17.5. The summed E-state index contributed by atoms with van der Waals surface area (Å²) in [6.07, 6.45) is 5.06. The van der Waals surface area contributed by atoms with Crippen molar-refractivity contribution in [2.24, 2.45) is 5.10 Å². The van der Waals surface area contributed by atoms with Crippen molar-refractivity contribution in [1.29, 1.82) is 0 Å². The monoisotopic (exact) mass is 439 g/mol. The molecule has 0 aliphatic carbocycles. The lowest BCUT2D eigenvalue weighted by molar-refractivity contribution is -0.139. The molecule has 2 aromatic rings. The normalized spacial score (nSPS) is 15.3. The molecule has 1 saturated heterocycles. The second kappa shape index (κ2) is 12.2. The van der Waals surface area contributed by atoms with Crippen molar-refractivity contribution in [3.8, 4) is 5.75 Å². The van der Waals surface area contributed by atoms with Gasteiger partial charge in [0, 0.05) is 19.3 Å². The van der Waals surface area contributed by atoms with Crippen LogP contribution in [0.5, 0.6) is 5.75 Å². The summed E-state index contributed by atoms with van der Waals surface area (Å²) in [6, 6.07) is 12.0. The highest BCUT2D eigenvalue weighted by molar-refractivity contribution is 6.35. The summed E-state index contributed by atoms with van der Waals surface area (Å²) in [6.45, 7) is 1.29. The lowest BCUT2D eigenvalue weighted by Crippen LogP contribution is -2.37. The van der Waals surface area contributed by atoms with Gasteiger partial charge in [-0.15, -0.1) is 0 Å². The Bertz CT molecular complexity index is 927. The molecule has 10 heteroatoms. The van der Waals surface area contributed by atoms with Gasteiger partial charge in [-0.3, -0.25) is 19.4 Å². The molecule has 10 nitrogen and oxygen atoms in total. The molecule has 0 saturated carbocycles. The lowest BCUT2D eigenvalue weighted by Gasteiger charge is -2.11. The molecule has 1 aliphatic heterocycles. The molecule has 1 aliphatic rings. The molecular weight excluding hydrogens is 414 g/mol. The zero-order valence-corrected chi connectivity index (χ0v) is 17.5. The molecule has 1 fully saturated rings. The van der Waals surface area contributed by atoms with E-state index in [9.17, 15) is 14.4 Å². The van der Waals surface area contributed by atoms with Gasteiger partial charge in [0.1, 0.15) is 5.75 Å². The third kappa shape index (κ3) is 7.80. The number of aromatic nitrogens is 1. The minimum atomic E-state index is -0.883. The van der Waals surface area contributed by atoms with Crippen LogP contribution in [0, 0.1) is 0 Å². The molecule has 0 radical (unpaired) electrons. The van der Waals surface area contributed by atoms with Gasteiger partial charge in [-0.05, 0) is 54.8 Å². The molecule has 32 heavy (non-hydrogen) atoms. The van der Waals surface area contributed by atoms with Crippen LogP contribution in [0.3, 0.4) is 0 Å². The first kappa shape index (κ1) is 22.9. The largest absolute Gasteiger partial charge is 0.484 e. The van der Waals surface area contributed by atoms with E-state index in [0.717, 1.165) is 19.4 Å². The van der Waals surface area contributed by atoms with E-state index >= 15 is 0 Å². The van der Waals surface area contributed by atoms with Crippen LogP contribution in [0.15, 0.2) is 53.8 Å². The summed E-state index contributed by atoms with van der Waals surface area (Å²) in [4.78, 5) is 39.4. The van der Waals surface area contributed by atoms with Gasteiger partial charge in [0.25, 0.3) is 5.91 Å². The Kier molecular flexibility index (Phi) is 8.70. The molecule has 0 unspecified atom stereocenters. The quantitative estimate of drug-likeness (QED) is 0.297. The number of benzene rings is 1. The van der Waals surface area contributed by atoms with Crippen LogP contribution in [-0.2, 0) is 25.7 Å². The fourth-order valence-corrected chi connectivity index (χ4v) is 2.85. The molecule has 0 bridgehead atoms. The minimum Gasteiger partial charge on any atom is -0.484 e. The number of nitrogens with zero attached hydrogens (tertiary/aromatic N) is 2. The van der Waals surface area contributed by atoms with Crippen LogP contribution in [0.2, 0.25) is 0 Å². The second-order valence-corrected chi connectivity index (χ2v) is 7.00. The van der Waals surface area contributed by atoms with E-state index in [1.165, 1.54) is 6.21 Å². The van der Waals surface area contributed by atoms with Gasteiger partial charge >= 0.3 is 11.8 Å². The number of nitrogens with one attached hydrogen (secondary N) is 3. The average Bonchev–Trinajstić information content (AvgIpc) is 3.35. The van der Waals surface area contributed by atoms with Crippen LogP contribution >= 0.6 is 0 Å². The summed E-state index contributed by atoms with van der Waals surface area (Å²) in [7, 11) is 0. The van der Waals surface area contributed by atoms with E-state index in [2.05, 4.69) is 26.1 Å². The predicted molar refractivity (Wildman–Crippen MR) is 116 cm³/mol. The Labute approximate surface area is 185 Å². The number of rotatable bonds is 9. The van der Waals surface area contributed by atoms with Gasteiger partial charge in [-0.1, -0.05) is 6.07 Å². The maximum atomic E-state index is 11.8. The van der Waals surface area contributed by atoms with Crippen molar-refractivity contribution in [2.45, 2.75) is 25.5 Å². The van der Waals surface area contributed by atoms with E-state index in [0.29, 0.717) is 23.6 Å². The highest BCUT2D eigenvalue weighted by Gasteiger charge is 2.16. The fourth-order valence-electron chi connectivity index (χ4n) is 2.85. The molecule has 1 atom stereocenters. The van der Waals surface area contributed by atoms with Crippen LogP contribution in [-0.4, -0.2) is 54.8 Å². The average molecular weight is 439 g/mol. The van der Waals surface area contributed by atoms with Crippen LogP contribution in [0.1, 0.15) is 24.1 Å². The van der Waals surface area contributed by atoms with Crippen molar-refractivity contribution < 1.29 is 23.9 Å². The zero-order chi connectivity index (χ0) is 22.6. The van der Waals surface area contributed by atoms with Gasteiger partial charge in [0.05, 0.1) is 24.6 Å². The number of hydrogen-bond acceptors (Lipinski definition) is 7. The van der Waals surface area contributed by atoms with Crippen molar-refractivity contribution in [2.75, 3.05) is 19.8 Å². The first-order valence-corrected chi connectivity index (χ1v) is 10.2. The Hall–Kier alpha value is -3.79. The maximum Gasteiger partial charge on any atom is 0.329 e. The van der Waals surface area contributed by atoms with E-state index in [1.54, 1.807) is 48.7 Å². The SMILES string of the molecule is O=C(COc1ccc(/C=N\NC(=O)C(=O)NCc2ccccn2)cc1)NC[C@@H]1CCCO1. The molecule has 0 spiro atoms. The standard InChI is InChI=1S/C22H25N5O5/c28-20(24-14-19-5-3-11-31-19)15-32-18-8-6-16(7-9-18)12-26-27-22(30)21(29)25-13-17-4-1-2-10-23-17/h1-2,4,6-10,12,19H,3,5,11,13-15H2,(H,24,28)(H,25,29)(H,27,30)/b26-12-/t19-/m0/s1. The third-order valence-electron chi connectivity index (χ3n) is 4.54. The molecule has 3 N–H and O–H groups in total. The van der Waals surface area contributed by atoms with Crippen LogP contribution in [0.25, 0.3) is 0 Å². The fraction of sp³-hybridized carbons (Fsp3) is 0.318. The van der Waals surface area contributed by atoms with Crippen molar-refractivity contribution in [1.82, 2.24) is 21.0 Å². The number of ether oxygens (including phenoxy) is 2. The van der Waals surface area contributed by atoms with E-state index in [-0.39, 0.29) is 25.2 Å². The molecule has 168 valence electrons. The van der Waals surface area contributed by atoms with Crippen molar-refractivity contribution in [3.05, 3.63) is 59.9 Å². The Morgan fingerprint density at radius 2 is 1.97 bits per heavy atom. The summed E-state index contributed by atoms with van der Waals surface area (Å²) in [5.41, 5.74) is 3.48. The van der Waals surface area contributed by atoms with E-state index in [1.807, 2.05) is 0 Å². The molecule has 3 rings (SSSR count). The van der Waals surface area contributed by atoms with Gasteiger partial charge in [0.15, 0.2) is 6.61 Å². The minimum absolute atomic E-state index is 0.0879.